The van der Waals surface area contributed by atoms with Crippen molar-refractivity contribution in [3.05, 3.63) is 51.8 Å². The number of halogens is 2. The second kappa shape index (κ2) is 6.78. The van der Waals surface area contributed by atoms with Gasteiger partial charge in [0.1, 0.15) is 15.7 Å². The van der Waals surface area contributed by atoms with Crippen LogP contribution in [0.2, 0.25) is 10.2 Å². The summed E-state index contributed by atoms with van der Waals surface area (Å²) >= 11 is 12.1. The van der Waals surface area contributed by atoms with E-state index in [-0.39, 0.29) is 22.3 Å². The highest BCUT2D eigenvalue weighted by atomic mass is 35.5. The maximum Gasteiger partial charge on any atom is 0.341 e. The van der Waals surface area contributed by atoms with Gasteiger partial charge in [0.05, 0.1) is 12.3 Å². The number of hydrogen-bond donors (Lipinski definition) is 1. The molecule has 0 unspecified atom stereocenters. The third-order valence-electron chi connectivity index (χ3n) is 2.76. The number of aromatic nitrogens is 1. The summed E-state index contributed by atoms with van der Waals surface area (Å²) < 4.78 is 5.00. The van der Waals surface area contributed by atoms with Gasteiger partial charge >= 0.3 is 5.97 Å². The van der Waals surface area contributed by atoms with Gasteiger partial charge in [-0.3, -0.25) is 0 Å². The van der Waals surface area contributed by atoms with E-state index in [1.807, 2.05) is 31.2 Å². The van der Waals surface area contributed by atoms with Gasteiger partial charge in [-0.15, -0.1) is 0 Å². The number of esters is 1. The van der Waals surface area contributed by atoms with Crippen LogP contribution < -0.4 is 5.32 Å². The van der Waals surface area contributed by atoms with Gasteiger partial charge < -0.3 is 10.1 Å². The van der Waals surface area contributed by atoms with Crippen LogP contribution in [0.15, 0.2) is 30.5 Å². The third-order valence-corrected chi connectivity index (χ3v) is 3.51. The highest BCUT2D eigenvalue weighted by Gasteiger charge is 2.19. The molecule has 0 atom stereocenters. The van der Waals surface area contributed by atoms with Crippen molar-refractivity contribution in [2.75, 3.05) is 11.9 Å². The minimum atomic E-state index is -0.501. The molecule has 110 valence electrons. The van der Waals surface area contributed by atoms with Crippen LogP contribution in [-0.4, -0.2) is 17.6 Å². The molecule has 0 saturated heterocycles. The van der Waals surface area contributed by atoms with E-state index >= 15 is 0 Å². The Hall–Kier alpha value is -1.78. The molecule has 2 aromatic rings. The number of hydrogen-bond acceptors (Lipinski definition) is 4. The Kier molecular flexibility index (Phi) is 5.04. The minimum Gasteiger partial charge on any atom is -0.462 e. The number of benzene rings is 1. The van der Waals surface area contributed by atoms with Crippen molar-refractivity contribution >= 4 is 40.5 Å². The standard InChI is InChI=1S/C15H14Cl2N2O2/c1-3-21-15(20)11-8-18-14(17)12(16)13(11)19-10-6-4-5-9(2)7-10/h4-8H,3H2,1-2H3,(H,18,19). The Morgan fingerprint density at radius 2 is 2.14 bits per heavy atom. The number of ether oxygens (including phenoxy) is 1. The van der Waals surface area contributed by atoms with Gasteiger partial charge in [-0.2, -0.15) is 0 Å². The lowest BCUT2D eigenvalue weighted by Gasteiger charge is -2.14. The maximum atomic E-state index is 12.0. The van der Waals surface area contributed by atoms with E-state index in [2.05, 4.69) is 10.3 Å². The topological polar surface area (TPSA) is 51.2 Å². The van der Waals surface area contributed by atoms with Gasteiger partial charge in [0.15, 0.2) is 0 Å². The van der Waals surface area contributed by atoms with Crippen molar-refractivity contribution in [1.29, 1.82) is 0 Å². The second-order valence-electron chi connectivity index (χ2n) is 4.37. The van der Waals surface area contributed by atoms with E-state index in [0.717, 1.165) is 11.3 Å². The second-order valence-corrected chi connectivity index (χ2v) is 5.10. The van der Waals surface area contributed by atoms with Crippen LogP contribution in [0.1, 0.15) is 22.8 Å². The average molecular weight is 325 g/mol. The number of carbonyl (C=O) groups is 1. The van der Waals surface area contributed by atoms with Gasteiger partial charge in [-0.25, -0.2) is 9.78 Å². The molecule has 0 fully saturated rings. The number of pyridine rings is 1. The van der Waals surface area contributed by atoms with E-state index in [1.54, 1.807) is 6.92 Å². The van der Waals surface area contributed by atoms with Crippen LogP contribution in [0.25, 0.3) is 0 Å². The number of rotatable bonds is 4. The first-order valence-corrected chi connectivity index (χ1v) is 7.13. The third kappa shape index (κ3) is 3.65. The molecule has 0 bridgehead atoms. The summed E-state index contributed by atoms with van der Waals surface area (Å²) in [6, 6.07) is 7.67. The fourth-order valence-electron chi connectivity index (χ4n) is 1.82. The molecule has 0 saturated carbocycles. The zero-order chi connectivity index (χ0) is 15.4. The summed E-state index contributed by atoms with van der Waals surface area (Å²) in [6.07, 6.45) is 1.35. The summed E-state index contributed by atoms with van der Waals surface area (Å²) in [5.41, 5.74) is 2.51. The monoisotopic (exact) mass is 324 g/mol. The Morgan fingerprint density at radius 3 is 2.81 bits per heavy atom. The molecule has 6 heteroatoms. The SMILES string of the molecule is CCOC(=O)c1cnc(Cl)c(Cl)c1Nc1cccc(C)c1. The molecule has 0 spiro atoms. The lowest BCUT2D eigenvalue weighted by Crippen LogP contribution is -2.09. The molecule has 0 aliphatic carbocycles. The first kappa shape index (κ1) is 15.6. The predicted molar refractivity (Wildman–Crippen MR) is 84.7 cm³/mol. The minimum absolute atomic E-state index is 0.125. The normalized spacial score (nSPS) is 10.3. The fourth-order valence-corrected chi connectivity index (χ4v) is 2.16. The first-order valence-electron chi connectivity index (χ1n) is 6.37. The largest absolute Gasteiger partial charge is 0.462 e. The molecule has 1 heterocycles. The first-order chi connectivity index (χ1) is 10.0. The Labute approximate surface area is 133 Å². The average Bonchev–Trinajstić information content (AvgIpc) is 2.44. The molecule has 0 amide bonds. The molecule has 21 heavy (non-hydrogen) atoms. The summed E-state index contributed by atoms with van der Waals surface area (Å²) in [5, 5.41) is 3.41. The molecule has 4 nitrogen and oxygen atoms in total. The molecular weight excluding hydrogens is 311 g/mol. The molecule has 1 aromatic carbocycles. The molecule has 0 aliphatic heterocycles. The van der Waals surface area contributed by atoms with Crippen LogP contribution in [0.3, 0.4) is 0 Å². The van der Waals surface area contributed by atoms with Crippen molar-refractivity contribution in [2.45, 2.75) is 13.8 Å². The van der Waals surface area contributed by atoms with Crippen molar-refractivity contribution in [1.82, 2.24) is 4.98 Å². The quantitative estimate of drug-likeness (QED) is 0.658. The predicted octanol–water partition coefficient (Wildman–Crippen LogP) is 4.62. The van der Waals surface area contributed by atoms with Crippen LogP contribution in [-0.2, 0) is 4.74 Å². The lowest BCUT2D eigenvalue weighted by atomic mass is 10.2. The van der Waals surface area contributed by atoms with Crippen LogP contribution in [0.5, 0.6) is 0 Å². The highest BCUT2D eigenvalue weighted by molar-refractivity contribution is 6.43. The van der Waals surface area contributed by atoms with E-state index in [0.29, 0.717) is 5.69 Å². The summed E-state index contributed by atoms with van der Waals surface area (Å²) in [7, 11) is 0. The molecule has 1 N–H and O–H groups in total. The van der Waals surface area contributed by atoms with Gasteiger partial charge in [0.2, 0.25) is 0 Å². The number of nitrogens with zero attached hydrogens (tertiary/aromatic N) is 1. The number of nitrogens with one attached hydrogen (secondary N) is 1. The van der Waals surface area contributed by atoms with Crippen molar-refractivity contribution in [2.24, 2.45) is 0 Å². The molecule has 0 aliphatic rings. The zero-order valence-corrected chi connectivity index (χ0v) is 13.1. The summed E-state index contributed by atoms with van der Waals surface area (Å²) in [5.74, 6) is -0.501. The van der Waals surface area contributed by atoms with Gasteiger partial charge in [0, 0.05) is 11.9 Å². The lowest BCUT2D eigenvalue weighted by molar-refractivity contribution is 0.0527. The summed E-state index contributed by atoms with van der Waals surface area (Å²) in [6.45, 7) is 3.97. The van der Waals surface area contributed by atoms with E-state index < -0.39 is 5.97 Å². The van der Waals surface area contributed by atoms with Gasteiger partial charge in [-0.1, -0.05) is 35.3 Å². The van der Waals surface area contributed by atoms with Crippen LogP contribution in [0.4, 0.5) is 11.4 Å². The molecule has 1 aromatic heterocycles. The van der Waals surface area contributed by atoms with Crippen LogP contribution >= 0.6 is 23.2 Å². The van der Waals surface area contributed by atoms with Gasteiger partial charge in [0.25, 0.3) is 0 Å². The van der Waals surface area contributed by atoms with Crippen molar-refractivity contribution in [3.8, 4) is 0 Å². The highest BCUT2D eigenvalue weighted by Crippen LogP contribution is 2.34. The smallest absolute Gasteiger partial charge is 0.341 e. The molecular formula is C15H14Cl2N2O2. The molecule has 0 radical (unpaired) electrons. The Bertz CT molecular complexity index is 675. The summed E-state index contributed by atoms with van der Waals surface area (Å²) in [4.78, 5) is 15.9. The maximum absolute atomic E-state index is 12.0. The van der Waals surface area contributed by atoms with Crippen LogP contribution in [0, 0.1) is 6.92 Å². The number of aryl methyl sites for hydroxylation is 1. The van der Waals surface area contributed by atoms with Crippen molar-refractivity contribution < 1.29 is 9.53 Å². The Balaban J connectivity index is 2.45. The number of anilines is 2. The van der Waals surface area contributed by atoms with E-state index in [1.165, 1.54) is 6.20 Å². The zero-order valence-electron chi connectivity index (χ0n) is 11.6. The van der Waals surface area contributed by atoms with E-state index in [4.69, 9.17) is 27.9 Å². The Morgan fingerprint density at radius 1 is 1.38 bits per heavy atom. The fraction of sp³-hybridized carbons (Fsp3) is 0.200. The van der Waals surface area contributed by atoms with E-state index in [9.17, 15) is 4.79 Å². The van der Waals surface area contributed by atoms with Crippen molar-refractivity contribution in [3.63, 3.8) is 0 Å². The molecule has 2 rings (SSSR count). The number of carbonyl (C=O) groups excluding carboxylic acids is 1. The van der Waals surface area contributed by atoms with Gasteiger partial charge in [-0.05, 0) is 31.5 Å².